The molecule has 8 heteroatoms. The van der Waals surface area contributed by atoms with Crippen molar-refractivity contribution in [1.29, 1.82) is 0 Å². The van der Waals surface area contributed by atoms with Gasteiger partial charge < -0.3 is 5.11 Å². The van der Waals surface area contributed by atoms with Gasteiger partial charge in [0.05, 0.1) is 15.9 Å². The van der Waals surface area contributed by atoms with Crippen molar-refractivity contribution in [2.75, 3.05) is 0 Å². The fourth-order valence-electron chi connectivity index (χ4n) is 1.44. The lowest BCUT2D eigenvalue weighted by molar-refractivity contribution is -0.387. The Morgan fingerprint density at radius 1 is 1.40 bits per heavy atom. The highest BCUT2D eigenvalue weighted by molar-refractivity contribution is 8.01. The Balaban J connectivity index is 2.42. The average molecular weight is 317 g/mol. The normalized spacial score (nSPS) is 12.4. The second kappa shape index (κ2) is 5.86. The summed E-state index contributed by atoms with van der Waals surface area (Å²) < 4.78 is 26.8. The van der Waals surface area contributed by atoms with E-state index in [1.807, 2.05) is 0 Å². The second-order valence-corrected chi connectivity index (χ2v) is 6.33. The standard InChI is InChI=1S/C12H9F2NO3S2/c1-6(16)10-5-9(15(17)18)12(19-10)20-11-4-7(13)2-3-8(11)14/h2-6,16H,1H3/t6-/m0/s1. The molecule has 0 aliphatic heterocycles. The van der Waals surface area contributed by atoms with Crippen LogP contribution in [0.25, 0.3) is 0 Å². The first-order chi connectivity index (χ1) is 9.38. The molecule has 1 aromatic carbocycles. The van der Waals surface area contributed by atoms with E-state index in [1.54, 1.807) is 0 Å². The third kappa shape index (κ3) is 3.14. The van der Waals surface area contributed by atoms with Crippen molar-refractivity contribution in [3.8, 4) is 0 Å². The van der Waals surface area contributed by atoms with E-state index in [1.165, 1.54) is 13.0 Å². The molecule has 0 amide bonds. The van der Waals surface area contributed by atoms with Gasteiger partial charge in [0.1, 0.15) is 15.8 Å². The maximum atomic E-state index is 13.6. The number of thiophene rings is 1. The van der Waals surface area contributed by atoms with Crippen LogP contribution in [-0.2, 0) is 0 Å². The molecule has 1 N–H and O–H groups in total. The lowest BCUT2D eigenvalue weighted by Gasteiger charge is -2.01. The summed E-state index contributed by atoms with van der Waals surface area (Å²) in [5.74, 6) is -1.28. The molecule has 0 spiro atoms. The quantitative estimate of drug-likeness (QED) is 0.680. The number of hydrogen-bond acceptors (Lipinski definition) is 5. The van der Waals surface area contributed by atoms with Gasteiger partial charge in [-0.3, -0.25) is 10.1 Å². The summed E-state index contributed by atoms with van der Waals surface area (Å²) in [7, 11) is 0. The minimum Gasteiger partial charge on any atom is -0.388 e. The third-order valence-electron chi connectivity index (χ3n) is 2.40. The molecule has 1 aromatic heterocycles. The van der Waals surface area contributed by atoms with Gasteiger partial charge in [-0.2, -0.15) is 0 Å². The molecule has 1 atom stereocenters. The number of hydrogen-bond donors (Lipinski definition) is 1. The summed E-state index contributed by atoms with van der Waals surface area (Å²) in [6.07, 6.45) is -0.856. The Morgan fingerprint density at radius 3 is 2.70 bits per heavy atom. The molecule has 0 saturated heterocycles. The van der Waals surface area contributed by atoms with E-state index >= 15 is 0 Å². The number of nitrogens with zero attached hydrogens (tertiary/aromatic N) is 1. The van der Waals surface area contributed by atoms with E-state index in [0.717, 1.165) is 41.3 Å². The summed E-state index contributed by atoms with van der Waals surface area (Å²) in [5, 5.41) is 20.4. The van der Waals surface area contributed by atoms with Crippen molar-refractivity contribution < 1.29 is 18.8 Å². The Hall–Kier alpha value is -1.51. The van der Waals surface area contributed by atoms with Crippen LogP contribution in [0.2, 0.25) is 0 Å². The van der Waals surface area contributed by atoms with Crippen LogP contribution in [0, 0.1) is 21.7 Å². The van der Waals surface area contributed by atoms with E-state index in [9.17, 15) is 24.0 Å². The number of aliphatic hydroxyl groups excluding tert-OH is 1. The zero-order chi connectivity index (χ0) is 14.9. The number of benzene rings is 1. The Kier molecular flexibility index (Phi) is 4.36. The highest BCUT2D eigenvalue weighted by atomic mass is 32.2. The number of aliphatic hydroxyl groups is 1. The predicted octanol–water partition coefficient (Wildman–Crippen LogP) is 4.14. The lowest BCUT2D eigenvalue weighted by Crippen LogP contribution is -1.88. The van der Waals surface area contributed by atoms with E-state index in [4.69, 9.17) is 0 Å². The topological polar surface area (TPSA) is 63.4 Å². The Labute approximate surface area is 121 Å². The molecule has 0 bridgehead atoms. The number of nitro groups is 1. The van der Waals surface area contributed by atoms with Gasteiger partial charge in [-0.15, -0.1) is 11.3 Å². The molecule has 4 nitrogen and oxygen atoms in total. The summed E-state index contributed by atoms with van der Waals surface area (Å²) in [5.41, 5.74) is -0.223. The molecule has 106 valence electrons. The largest absolute Gasteiger partial charge is 0.388 e. The highest BCUT2D eigenvalue weighted by Gasteiger charge is 2.23. The summed E-state index contributed by atoms with van der Waals surface area (Å²) >= 11 is 1.76. The van der Waals surface area contributed by atoms with Crippen molar-refractivity contribution in [1.82, 2.24) is 0 Å². The van der Waals surface area contributed by atoms with Gasteiger partial charge in [0.2, 0.25) is 0 Å². The molecule has 1 heterocycles. The zero-order valence-corrected chi connectivity index (χ0v) is 11.8. The predicted molar refractivity (Wildman–Crippen MR) is 72.1 cm³/mol. The Morgan fingerprint density at radius 2 is 2.10 bits per heavy atom. The average Bonchev–Trinajstić information content (AvgIpc) is 2.78. The first-order valence-corrected chi connectivity index (χ1v) is 7.11. The van der Waals surface area contributed by atoms with Crippen LogP contribution in [-0.4, -0.2) is 10.0 Å². The molecular weight excluding hydrogens is 308 g/mol. The molecule has 2 rings (SSSR count). The summed E-state index contributed by atoms with van der Waals surface area (Å²) in [6, 6.07) is 4.16. The van der Waals surface area contributed by atoms with E-state index in [-0.39, 0.29) is 14.8 Å². The fraction of sp³-hybridized carbons (Fsp3) is 0.167. The smallest absolute Gasteiger partial charge is 0.294 e. The minimum atomic E-state index is -0.856. The van der Waals surface area contributed by atoms with E-state index in [0.29, 0.717) is 4.88 Å². The van der Waals surface area contributed by atoms with Crippen molar-refractivity contribution in [2.24, 2.45) is 0 Å². The van der Waals surface area contributed by atoms with E-state index < -0.39 is 22.7 Å². The van der Waals surface area contributed by atoms with E-state index in [2.05, 4.69) is 0 Å². The van der Waals surface area contributed by atoms with Crippen molar-refractivity contribution in [3.63, 3.8) is 0 Å². The SMILES string of the molecule is C[C@H](O)c1cc([N+](=O)[O-])c(Sc2cc(F)ccc2F)s1. The molecule has 2 aromatic rings. The maximum Gasteiger partial charge on any atom is 0.294 e. The molecule has 0 saturated carbocycles. The third-order valence-corrected chi connectivity index (χ3v) is 4.92. The van der Waals surface area contributed by atoms with Crippen molar-refractivity contribution in [2.45, 2.75) is 22.1 Å². The number of halogens is 2. The van der Waals surface area contributed by atoms with Crippen LogP contribution in [0.4, 0.5) is 14.5 Å². The summed E-state index contributed by atoms with van der Waals surface area (Å²) in [4.78, 5) is 10.7. The molecule has 0 radical (unpaired) electrons. The van der Waals surface area contributed by atoms with Crippen molar-refractivity contribution >= 4 is 28.8 Å². The minimum absolute atomic E-state index is 0.0351. The highest BCUT2D eigenvalue weighted by Crippen LogP contribution is 2.43. The van der Waals surface area contributed by atoms with Crippen LogP contribution in [0.15, 0.2) is 33.4 Å². The van der Waals surface area contributed by atoms with Gasteiger partial charge >= 0.3 is 0 Å². The van der Waals surface area contributed by atoms with Gasteiger partial charge in [0.25, 0.3) is 5.69 Å². The van der Waals surface area contributed by atoms with Crippen LogP contribution >= 0.6 is 23.1 Å². The second-order valence-electron chi connectivity index (χ2n) is 3.93. The van der Waals surface area contributed by atoms with Gasteiger partial charge in [0.15, 0.2) is 0 Å². The van der Waals surface area contributed by atoms with Crippen LogP contribution < -0.4 is 0 Å². The molecule has 0 fully saturated rings. The van der Waals surface area contributed by atoms with Crippen LogP contribution in [0.3, 0.4) is 0 Å². The van der Waals surface area contributed by atoms with Crippen LogP contribution in [0.1, 0.15) is 17.9 Å². The van der Waals surface area contributed by atoms with Gasteiger partial charge in [-0.1, -0.05) is 11.8 Å². The maximum absolute atomic E-state index is 13.6. The molecular formula is C12H9F2NO3S2. The van der Waals surface area contributed by atoms with Crippen LogP contribution in [0.5, 0.6) is 0 Å². The van der Waals surface area contributed by atoms with Gasteiger partial charge in [0, 0.05) is 10.9 Å². The molecule has 0 unspecified atom stereocenters. The lowest BCUT2D eigenvalue weighted by atomic mass is 10.3. The number of rotatable bonds is 4. The molecule has 20 heavy (non-hydrogen) atoms. The molecule has 0 aliphatic carbocycles. The van der Waals surface area contributed by atoms with Crippen molar-refractivity contribution in [3.05, 3.63) is 50.9 Å². The first-order valence-electron chi connectivity index (χ1n) is 5.47. The van der Waals surface area contributed by atoms with Gasteiger partial charge in [-0.05, 0) is 25.1 Å². The fourth-order valence-corrected chi connectivity index (χ4v) is 3.74. The molecule has 0 aliphatic rings. The monoisotopic (exact) mass is 317 g/mol. The van der Waals surface area contributed by atoms with Gasteiger partial charge in [-0.25, -0.2) is 8.78 Å². The summed E-state index contributed by atoms with van der Waals surface area (Å²) in [6.45, 7) is 1.48. The Bertz CT molecular complexity index is 658. The first kappa shape index (κ1) is 14.9. The zero-order valence-electron chi connectivity index (χ0n) is 10.2.